The highest BCUT2D eigenvalue weighted by atomic mass is 16.5. The number of ether oxygens (including phenoxy) is 3. The van der Waals surface area contributed by atoms with Crippen molar-refractivity contribution in [3.8, 4) is 17.2 Å². The molecule has 0 saturated heterocycles. The smallest absolute Gasteiger partial charge is 0.248 e. The molecular weight excluding hydrogens is 306 g/mol. The van der Waals surface area contributed by atoms with E-state index in [1.54, 1.807) is 38.5 Å². The average molecular weight is 327 g/mol. The standard InChI is InChI=1S/C19H21NO4/c1-4-24-15-8-5-14(6-9-15)7-12-19(21)20-17-13-16(22-2)10-11-18(17)23-3/h5-13H,4H2,1-3H3,(H,20,21)/b12-7+. The fourth-order valence-corrected chi connectivity index (χ4v) is 2.10. The summed E-state index contributed by atoms with van der Waals surface area (Å²) in [6.07, 6.45) is 3.20. The van der Waals surface area contributed by atoms with Crippen molar-refractivity contribution in [2.24, 2.45) is 0 Å². The monoisotopic (exact) mass is 327 g/mol. The molecule has 0 bridgehead atoms. The summed E-state index contributed by atoms with van der Waals surface area (Å²) in [5.41, 5.74) is 1.46. The third-order valence-corrected chi connectivity index (χ3v) is 3.28. The molecule has 126 valence electrons. The first kappa shape index (κ1) is 17.4. The van der Waals surface area contributed by atoms with Crippen LogP contribution in [0.15, 0.2) is 48.5 Å². The van der Waals surface area contributed by atoms with E-state index in [1.807, 2.05) is 31.2 Å². The molecule has 0 spiro atoms. The van der Waals surface area contributed by atoms with Crippen LogP contribution < -0.4 is 19.5 Å². The Morgan fingerprint density at radius 3 is 2.38 bits per heavy atom. The van der Waals surface area contributed by atoms with E-state index in [-0.39, 0.29) is 5.91 Å². The lowest BCUT2D eigenvalue weighted by Crippen LogP contribution is -2.09. The van der Waals surface area contributed by atoms with E-state index in [4.69, 9.17) is 14.2 Å². The molecule has 1 N–H and O–H groups in total. The molecule has 0 unspecified atom stereocenters. The van der Waals surface area contributed by atoms with Gasteiger partial charge in [-0.05, 0) is 42.8 Å². The molecule has 2 aromatic rings. The first-order valence-electron chi connectivity index (χ1n) is 7.60. The lowest BCUT2D eigenvalue weighted by Gasteiger charge is -2.10. The Kier molecular flexibility index (Phi) is 6.25. The minimum Gasteiger partial charge on any atom is -0.497 e. The summed E-state index contributed by atoms with van der Waals surface area (Å²) in [5.74, 6) is 1.76. The molecule has 0 saturated carbocycles. The van der Waals surface area contributed by atoms with E-state index >= 15 is 0 Å². The summed E-state index contributed by atoms with van der Waals surface area (Å²) in [6.45, 7) is 2.56. The van der Waals surface area contributed by atoms with Crippen LogP contribution in [-0.4, -0.2) is 26.7 Å². The number of rotatable bonds is 7. The number of amides is 1. The largest absolute Gasteiger partial charge is 0.497 e. The van der Waals surface area contributed by atoms with Crippen LogP contribution in [0.5, 0.6) is 17.2 Å². The number of anilines is 1. The molecule has 24 heavy (non-hydrogen) atoms. The minimum absolute atomic E-state index is 0.254. The number of hydrogen-bond donors (Lipinski definition) is 1. The van der Waals surface area contributed by atoms with Gasteiger partial charge in [-0.25, -0.2) is 0 Å². The Bertz CT molecular complexity index is 708. The van der Waals surface area contributed by atoms with Crippen molar-refractivity contribution in [3.05, 3.63) is 54.1 Å². The molecule has 0 fully saturated rings. The van der Waals surface area contributed by atoms with Gasteiger partial charge in [0.2, 0.25) is 5.91 Å². The van der Waals surface area contributed by atoms with Crippen molar-refractivity contribution in [3.63, 3.8) is 0 Å². The summed E-state index contributed by atoms with van der Waals surface area (Å²) >= 11 is 0. The second-order valence-corrected chi connectivity index (χ2v) is 4.89. The fourth-order valence-electron chi connectivity index (χ4n) is 2.10. The summed E-state index contributed by atoms with van der Waals surface area (Å²) in [4.78, 5) is 12.1. The van der Waals surface area contributed by atoms with Gasteiger partial charge in [0.05, 0.1) is 26.5 Å². The molecule has 0 aliphatic rings. The zero-order valence-electron chi connectivity index (χ0n) is 14.0. The van der Waals surface area contributed by atoms with Crippen LogP contribution in [0.25, 0.3) is 6.08 Å². The number of carbonyl (C=O) groups excluding carboxylic acids is 1. The Hall–Kier alpha value is -2.95. The Morgan fingerprint density at radius 2 is 1.75 bits per heavy atom. The average Bonchev–Trinajstić information content (AvgIpc) is 2.61. The topological polar surface area (TPSA) is 56.8 Å². The van der Waals surface area contributed by atoms with Crippen molar-refractivity contribution in [2.75, 3.05) is 26.1 Å². The number of nitrogens with one attached hydrogen (secondary N) is 1. The quantitative estimate of drug-likeness (QED) is 0.787. The van der Waals surface area contributed by atoms with Gasteiger partial charge in [-0.1, -0.05) is 12.1 Å². The van der Waals surface area contributed by atoms with Gasteiger partial charge in [-0.15, -0.1) is 0 Å². The third kappa shape index (κ3) is 4.78. The van der Waals surface area contributed by atoms with Crippen molar-refractivity contribution < 1.29 is 19.0 Å². The van der Waals surface area contributed by atoms with E-state index in [2.05, 4.69) is 5.32 Å². The lowest BCUT2D eigenvalue weighted by molar-refractivity contribution is -0.111. The maximum absolute atomic E-state index is 12.1. The van der Waals surface area contributed by atoms with Crippen LogP contribution in [0.3, 0.4) is 0 Å². The van der Waals surface area contributed by atoms with Gasteiger partial charge in [0.1, 0.15) is 17.2 Å². The maximum Gasteiger partial charge on any atom is 0.248 e. The molecule has 1 amide bonds. The zero-order valence-corrected chi connectivity index (χ0v) is 14.0. The van der Waals surface area contributed by atoms with Crippen LogP contribution in [-0.2, 0) is 4.79 Å². The Labute approximate surface area is 141 Å². The molecule has 5 heteroatoms. The highest BCUT2D eigenvalue weighted by Crippen LogP contribution is 2.28. The van der Waals surface area contributed by atoms with Crippen LogP contribution in [0.1, 0.15) is 12.5 Å². The van der Waals surface area contributed by atoms with Crippen LogP contribution in [0.2, 0.25) is 0 Å². The van der Waals surface area contributed by atoms with Crippen LogP contribution in [0, 0.1) is 0 Å². The van der Waals surface area contributed by atoms with Gasteiger partial charge in [0, 0.05) is 12.1 Å². The summed E-state index contributed by atoms with van der Waals surface area (Å²) < 4.78 is 15.8. The van der Waals surface area contributed by atoms with E-state index < -0.39 is 0 Å². The van der Waals surface area contributed by atoms with Crippen molar-refractivity contribution >= 4 is 17.7 Å². The van der Waals surface area contributed by atoms with Gasteiger partial charge in [0.25, 0.3) is 0 Å². The molecule has 0 heterocycles. The highest BCUT2D eigenvalue weighted by molar-refractivity contribution is 6.02. The first-order valence-corrected chi connectivity index (χ1v) is 7.60. The molecule has 0 atom stereocenters. The van der Waals surface area contributed by atoms with E-state index in [0.29, 0.717) is 23.8 Å². The molecule has 0 aromatic heterocycles. The molecule has 5 nitrogen and oxygen atoms in total. The third-order valence-electron chi connectivity index (χ3n) is 3.28. The van der Waals surface area contributed by atoms with Crippen molar-refractivity contribution in [1.29, 1.82) is 0 Å². The summed E-state index contributed by atoms with van der Waals surface area (Å²) in [5, 5.41) is 2.78. The van der Waals surface area contributed by atoms with Crippen molar-refractivity contribution in [1.82, 2.24) is 0 Å². The molecule has 2 rings (SSSR count). The second kappa shape index (κ2) is 8.62. The predicted octanol–water partition coefficient (Wildman–Crippen LogP) is 3.75. The normalized spacial score (nSPS) is 10.5. The number of carbonyl (C=O) groups is 1. The molecule has 0 radical (unpaired) electrons. The van der Waals surface area contributed by atoms with Crippen molar-refractivity contribution in [2.45, 2.75) is 6.92 Å². The fraction of sp³-hybridized carbons (Fsp3) is 0.211. The number of hydrogen-bond acceptors (Lipinski definition) is 4. The maximum atomic E-state index is 12.1. The lowest BCUT2D eigenvalue weighted by atomic mass is 10.2. The SMILES string of the molecule is CCOc1ccc(/C=C/C(=O)Nc2cc(OC)ccc2OC)cc1. The van der Waals surface area contributed by atoms with Gasteiger partial charge in [-0.3, -0.25) is 4.79 Å². The van der Waals surface area contributed by atoms with Crippen LogP contribution in [0.4, 0.5) is 5.69 Å². The molecular formula is C19H21NO4. The molecule has 0 aliphatic carbocycles. The number of benzene rings is 2. The molecule has 2 aromatic carbocycles. The Morgan fingerprint density at radius 1 is 1.04 bits per heavy atom. The highest BCUT2D eigenvalue weighted by Gasteiger charge is 2.07. The predicted molar refractivity (Wildman–Crippen MR) is 94.8 cm³/mol. The van der Waals surface area contributed by atoms with E-state index in [9.17, 15) is 4.79 Å². The summed E-state index contributed by atoms with van der Waals surface area (Å²) in [7, 11) is 3.12. The van der Waals surface area contributed by atoms with E-state index in [1.165, 1.54) is 6.08 Å². The molecule has 0 aliphatic heterocycles. The minimum atomic E-state index is -0.254. The van der Waals surface area contributed by atoms with Gasteiger partial charge in [-0.2, -0.15) is 0 Å². The summed E-state index contributed by atoms with van der Waals surface area (Å²) in [6, 6.07) is 12.7. The number of methoxy groups -OCH3 is 2. The first-order chi connectivity index (χ1) is 11.7. The van der Waals surface area contributed by atoms with E-state index in [0.717, 1.165) is 11.3 Å². The Balaban J connectivity index is 2.04. The second-order valence-electron chi connectivity index (χ2n) is 4.89. The van der Waals surface area contributed by atoms with Crippen LogP contribution >= 0.6 is 0 Å². The van der Waals surface area contributed by atoms with Gasteiger partial charge < -0.3 is 19.5 Å². The van der Waals surface area contributed by atoms with Gasteiger partial charge in [0.15, 0.2) is 0 Å². The van der Waals surface area contributed by atoms with Gasteiger partial charge >= 0.3 is 0 Å². The zero-order chi connectivity index (χ0) is 17.4.